The van der Waals surface area contributed by atoms with Crippen LogP contribution in [0.25, 0.3) is 0 Å². The predicted molar refractivity (Wildman–Crippen MR) is 42.9 cm³/mol. The molecule has 0 unspecified atom stereocenters. The minimum atomic E-state index is 0.613. The zero-order valence-corrected chi connectivity index (χ0v) is 7.13. The second-order valence-corrected chi connectivity index (χ2v) is 2.56. The fraction of sp³-hybridized carbons (Fsp3) is 0.429. The maximum absolute atomic E-state index is 5.17. The molecule has 3 heteroatoms. The zero-order chi connectivity index (χ0) is 7.23. The van der Waals surface area contributed by atoms with Crippen LogP contribution in [0.2, 0.25) is 0 Å². The molecule has 0 saturated carbocycles. The smallest absolute Gasteiger partial charge is 0.279 e. The van der Waals surface area contributed by atoms with Gasteiger partial charge < -0.3 is 9.47 Å². The number of hydrogen-bond acceptors (Lipinski definition) is 2. The third-order valence-corrected chi connectivity index (χ3v) is 1.34. The lowest BCUT2D eigenvalue weighted by Crippen LogP contribution is -2.02. The summed E-state index contributed by atoms with van der Waals surface area (Å²) in [5.74, 6) is 0.613. The van der Waals surface area contributed by atoms with Gasteiger partial charge in [0.1, 0.15) is 13.2 Å². The van der Waals surface area contributed by atoms with E-state index >= 15 is 0 Å². The van der Waals surface area contributed by atoms with Gasteiger partial charge in [-0.1, -0.05) is 22.0 Å². The summed E-state index contributed by atoms with van der Waals surface area (Å²) in [6.45, 7) is 1.27. The van der Waals surface area contributed by atoms with E-state index in [-0.39, 0.29) is 0 Å². The number of ether oxygens (including phenoxy) is 2. The highest BCUT2D eigenvalue weighted by atomic mass is 79.9. The number of alkyl halides is 1. The van der Waals surface area contributed by atoms with Crippen molar-refractivity contribution in [3.8, 4) is 0 Å². The van der Waals surface area contributed by atoms with Crippen molar-refractivity contribution in [1.29, 1.82) is 0 Å². The van der Waals surface area contributed by atoms with Crippen molar-refractivity contribution in [3.05, 3.63) is 24.2 Å². The highest BCUT2D eigenvalue weighted by molar-refractivity contribution is 9.09. The minimum absolute atomic E-state index is 0.613. The van der Waals surface area contributed by atoms with E-state index in [0.29, 0.717) is 19.2 Å². The van der Waals surface area contributed by atoms with Crippen molar-refractivity contribution in [2.75, 3.05) is 18.5 Å². The minimum Gasteiger partial charge on any atom is -0.465 e. The summed E-state index contributed by atoms with van der Waals surface area (Å²) in [7, 11) is 0. The van der Waals surface area contributed by atoms with Gasteiger partial charge in [-0.25, -0.2) is 0 Å². The van der Waals surface area contributed by atoms with E-state index in [9.17, 15) is 0 Å². The molecule has 0 aromatic carbocycles. The van der Waals surface area contributed by atoms with E-state index in [1.54, 1.807) is 0 Å². The lowest BCUT2D eigenvalue weighted by molar-refractivity contribution is 0.0525. The molecule has 0 radical (unpaired) electrons. The van der Waals surface area contributed by atoms with Crippen LogP contribution in [0.5, 0.6) is 0 Å². The van der Waals surface area contributed by atoms with Crippen LogP contribution in [-0.4, -0.2) is 18.5 Å². The third-order valence-electron chi connectivity index (χ3n) is 1.01. The van der Waals surface area contributed by atoms with Gasteiger partial charge in [0.05, 0.1) is 0 Å². The van der Waals surface area contributed by atoms with Crippen molar-refractivity contribution in [2.45, 2.75) is 0 Å². The maximum Gasteiger partial charge on any atom is 0.279 e. The molecule has 1 aliphatic rings. The van der Waals surface area contributed by atoms with Crippen molar-refractivity contribution < 1.29 is 9.47 Å². The molecule has 0 saturated heterocycles. The lowest BCUT2D eigenvalue weighted by atomic mass is 10.4. The topological polar surface area (TPSA) is 18.5 Å². The molecule has 0 amide bonds. The quantitative estimate of drug-likeness (QED) is 0.654. The van der Waals surface area contributed by atoms with E-state index in [2.05, 4.69) is 15.9 Å². The van der Waals surface area contributed by atoms with Gasteiger partial charge in [-0.2, -0.15) is 0 Å². The Morgan fingerprint density at radius 2 is 2.60 bits per heavy atom. The molecule has 0 N–H and O–H groups in total. The van der Waals surface area contributed by atoms with E-state index < -0.39 is 0 Å². The lowest BCUT2D eigenvalue weighted by Gasteiger charge is -2.10. The Hall–Kier alpha value is -0.440. The molecule has 0 aromatic rings. The molecule has 1 heterocycles. The van der Waals surface area contributed by atoms with Crippen molar-refractivity contribution in [3.63, 3.8) is 0 Å². The summed E-state index contributed by atoms with van der Waals surface area (Å²) in [6, 6.07) is 0. The summed E-state index contributed by atoms with van der Waals surface area (Å²) in [6.07, 6.45) is 5.67. The van der Waals surface area contributed by atoms with Crippen LogP contribution >= 0.6 is 15.9 Å². The molecule has 0 atom stereocenters. The molecular formula is C7H9BrO2. The first kappa shape index (κ1) is 7.66. The molecule has 0 aromatic heterocycles. The summed E-state index contributed by atoms with van der Waals surface area (Å²) < 4.78 is 10.3. The number of halogens is 1. The predicted octanol–water partition coefficient (Wildman–Crippen LogP) is 1.83. The number of rotatable bonds is 3. The van der Waals surface area contributed by atoms with Crippen LogP contribution < -0.4 is 0 Å². The van der Waals surface area contributed by atoms with Crippen LogP contribution in [0.1, 0.15) is 0 Å². The Morgan fingerprint density at radius 3 is 3.20 bits per heavy atom. The standard InChI is InChI=1S/C7H9BrO2/c8-4-6-10-7-3-1-2-5-9-7/h1-3H,4-6H2. The zero-order valence-electron chi connectivity index (χ0n) is 5.55. The van der Waals surface area contributed by atoms with Crippen molar-refractivity contribution in [2.24, 2.45) is 0 Å². The first-order valence-corrected chi connectivity index (χ1v) is 4.24. The SMILES string of the molecule is BrCCOC1=CC=CCO1. The summed E-state index contributed by atoms with van der Waals surface area (Å²) in [4.78, 5) is 0. The molecule has 0 spiro atoms. The Kier molecular flexibility index (Phi) is 3.36. The Morgan fingerprint density at radius 1 is 1.70 bits per heavy atom. The van der Waals surface area contributed by atoms with Crippen molar-refractivity contribution >= 4 is 15.9 Å². The molecule has 56 valence electrons. The van der Waals surface area contributed by atoms with Gasteiger partial charge in [-0.15, -0.1) is 0 Å². The van der Waals surface area contributed by atoms with Gasteiger partial charge >= 0.3 is 0 Å². The molecule has 2 nitrogen and oxygen atoms in total. The summed E-state index contributed by atoms with van der Waals surface area (Å²) in [5, 5.41) is 0.831. The van der Waals surface area contributed by atoms with Gasteiger partial charge in [0.2, 0.25) is 0 Å². The highest BCUT2D eigenvalue weighted by Gasteiger charge is 1.98. The molecule has 0 bridgehead atoms. The van der Waals surface area contributed by atoms with Gasteiger partial charge in [0, 0.05) is 11.4 Å². The van der Waals surface area contributed by atoms with E-state index in [1.165, 1.54) is 0 Å². The largest absolute Gasteiger partial charge is 0.465 e. The van der Waals surface area contributed by atoms with Crippen LogP contribution in [-0.2, 0) is 9.47 Å². The molecule has 0 fully saturated rings. The van der Waals surface area contributed by atoms with Crippen LogP contribution in [0.15, 0.2) is 24.2 Å². The van der Waals surface area contributed by atoms with Crippen molar-refractivity contribution in [1.82, 2.24) is 0 Å². The number of hydrogen-bond donors (Lipinski definition) is 0. The Balaban J connectivity index is 2.25. The summed E-state index contributed by atoms with van der Waals surface area (Å²) in [5.41, 5.74) is 0. The molecular weight excluding hydrogens is 196 g/mol. The van der Waals surface area contributed by atoms with E-state index in [0.717, 1.165) is 5.33 Å². The van der Waals surface area contributed by atoms with Crippen LogP contribution in [0.3, 0.4) is 0 Å². The monoisotopic (exact) mass is 204 g/mol. The van der Waals surface area contributed by atoms with Gasteiger partial charge in [-0.05, 0) is 6.08 Å². The maximum atomic E-state index is 5.17. The molecule has 1 rings (SSSR count). The highest BCUT2D eigenvalue weighted by Crippen LogP contribution is 2.05. The fourth-order valence-corrected chi connectivity index (χ4v) is 0.771. The molecule has 1 aliphatic heterocycles. The first-order valence-electron chi connectivity index (χ1n) is 3.12. The summed E-state index contributed by atoms with van der Waals surface area (Å²) >= 11 is 3.25. The average Bonchev–Trinajstić information content (AvgIpc) is 2.03. The number of allylic oxidation sites excluding steroid dienone is 2. The third kappa shape index (κ3) is 2.43. The Labute approximate surface area is 68.6 Å². The second-order valence-electron chi connectivity index (χ2n) is 1.76. The van der Waals surface area contributed by atoms with E-state index in [4.69, 9.17) is 9.47 Å². The van der Waals surface area contributed by atoms with E-state index in [1.807, 2.05) is 18.2 Å². The van der Waals surface area contributed by atoms with Gasteiger partial charge in [0.25, 0.3) is 5.95 Å². The molecule has 10 heavy (non-hydrogen) atoms. The fourth-order valence-electron chi connectivity index (χ4n) is 0.609. The van der Waals surface area contributed by atoms with Gasteiger partial charge in [-0.3, -0.25) is 0 Å². The first-order chi connectivity index (χ1) is 4.93. The average molecular weight is 205 g/mol. The van der Waals surface area contributed by atoms with Crippen LogP contribution in [0, 0.1) is 0 Å². The van der Waals surface area contributed by atoms with Gasteiger partial charge in [0.15, 0.2) is 0 Å². The molecule has 0 aliphatic carbocycles. The van der Waals surface area contributed by atoms with Crippen LogP contribution in [0.4, 0.5) is 0 Å². The second kappa shape index (κ2) is 4.39. The normalized spacial score (nSPS) is 15.9. The Bertz CT molecular complexity index is 152.